The van der Waals surface area contributed by atoms with Gasteiger partial charge in [0, 0.05) is 47.7 Å². The van der Waals surface area contributed by atoms with Gasteiger partial charge < -0.3 is 14.4 Å². The van der Waals surface area contributed by atoms with Crippen molar-refractivity contribution in [2.75, 3.05) is 31.1 Å². The number of hydrogen-bond donors (Lipinski definition) is 1. The first-order valence-electron chi connectivity index (χ1n) is 15.7. The maximum absolute atomic E-state index is 17.1. The molecule has 11 heteroatoms. The first-order chi connectivity index (χ1) is 21.0. The van der Waals surface area contributed by atoms with E-state index in [-0.39, 0.29) is 35.3 Å². The Morgan fingerprint density at radius 3 is 2.86 bits per heavy atom. The molecule has 0 radical (unpaired) electrons. The quantitative estimate of drug-likeness (QED) is 0.282. The van der Waals surface area contributed by atoms with Crippen molar-refractivity contribution in [3.05, 3.63) is 34.7 Å². The van der Waals surface area contributed by atoms with Crippen LogP contribution in [0, 0.1) is 5.82 Å². The molecule has 1 unspecified atom stereocenters. The Labute approximate surface area is 252 Å². The number of benzene rings is 1. The van der Waals surface area contributed by atoms with Gasteiger partial charge in [0.15, 0.2) is 5.82 Å². The summed E-state index contributed by atoms with van der Waals surface area (Å²) >= 11 is 6.83. The number of ether oxygens (including phenoxy) is 2. The molecule has 224 valence electrons. The number of anilines is 1. The van der Waals surface area contributed by atoms with Crippen molar-refractivity contribution in [3.63, 3.8) is 0 Å². The fourth-order valence-electron chi connectivity index (χ4n) is 8.00. The second-order valence-corrected chi connectivity index (χ2v) is 13.3. The number of pyridine rings is 2. The largest absolute Gasteiger partial charge is 0.475 e. The molecule has 5 aliphatic rings. The summed E-state index contributed by atoms with van der Waals surface area (Å²) in [6.07, 6.45) is 8.20. The summed E-state index contributed by atoms with van der Waals surface area (Å²) in [6.45, 7) is 2.55. The highest BCUT2D eigenvalue weighted by atomic mass is 35.5. The first kappa shape index (κ1) is 26.2. The summed E-state index contributed by atoms with van der Waals surface area (Å²) in [5, 5.41) is 9.17. The molecule has 3 saturated heterocycles. The Balaban J connectivity index is 1.26. The number of rotatable bonds is 4. The molecule has 1 N–H and O–H groups in total. The molecule has 4 atom stereocenters. The van der Waals surface area contributed by atoms with E-state index < -0.39 is 12.0 Å². The topological polar surface area (TPSA) is 79.4 Å². The van der Waals surface area contributed by atoms with Gasteiger partial charge in [0.05, 0.1) is 28.8 Å². The van der Waals surface area contributed by atoms with E-state index in [1.165, 1.54) is 0 Å². The van der Waals surface area contributed by atoms with Crippen LogP contribution >= 0.6 is 11.6 Å². The zero-order valence-electron chi connectivity index (χ0n) is 23.8. The molecule has 8 nitrogen and oxygen atoms in total. The number of halogens is 3. The minimum Gasteiger partial charge on any atom is -0.475 e. The van der Waals surface area contributed by atoms with Crippen LogP contribution in [-0.4, -0.2) is 75.7 Å². The lowest BCUT2D eigenvalue weighted by molar-refractivity contribution is 0.152. The number of nitrogens with one attached hydrogen (secondary N) is 1. The van der Waals surface area contributed by atoms with Crippen molar-refractivity contribution in [1.82, 2.24) is 25.1 Å². The van der Waals surface area contributed by atoms with Crippen molar-refractivity contribution in [2.45, 2.75) is 81.6 Å². The molecule has 4 aliphatic heterocycles. The van der Waals surface area contributed by atoms with Crippen molar-refractivity contribution in [2.24, 2.45) is 0 Å². The Bertz CT molecular complexity index is 1760. The molecule has 0 bridgehead atoms. The Morgan fingerprint density at radius 2 is 1.98 bits per heavy atom. The number of H-pyrrole nitrogens is 1. The third-order valence-electron chi connectivity index (χ3n) is 10.2. The number of hydrogen-bond acceptors (Lipinski definition) is 7. The van der Waals surface area contributed by atoms with Crippen LogP contribution in [0.1, 0.15) is 62.8 Å². The summed E-state index contributed by atoms with van der Waals surface area (Å²) in [5.41, 5.74) is 3.48. The first-order valence-corrected chi connectivity index (χ1v) is 16.1. The van der Waals surface area contributed by atoms with Crippen LogP contribution in [0.3, 0.4) is 0 Å². The smallest absolute Gasteiger partial charge is 0.225 e. The van der Waals surface area contributed by atoms with E-state index in [1.54, 1.807) is 6.20 Å². The maximum Gasteiger partial charge on any atom is 0.225 e. The fourth-order valence-corrected chi connectivity index (χ4v) is 8.35. The van der Waals surface area contributed by atoms with Gasteiger partial charge >= 0.3 is 0 Å². The van der Waals surface area contributed by atoms with E-state index >= 15 is 4.39 Å². The number of nitrogens with zero attached hydrogens (tertiary/aromatic N) is 5. The monoisotopic (exact) mass is 606 g/mol. The van der Waals surface area contributed by atoms with Gasteiger partial charge in [-0.25, -0.2) is 18.7 Å². The maximum atomic E-state index is 17.1. The molecule has 43 heavy (non-hydrogen) atoms. The Kier molecular flexibility index (Phi) is 6.02. The number of fused-ring (bicyclic) bond motifs is 4. The molecule has 9 rings (SSSR count). The second kappa shape index (κ2) is 9.89. The summed E-state index contributed by atoms with van der Waals surface area (Å²) in [5.74, 6) is 0.470. The normalized spacial score (nSPS) is 27.2. The van der Waals surface area contributed by atoms with Gasteiger partial charge in [-0.15, -0.1) is 0 Å². The van der Waals surface area contributed by atoms with Gasteiger partial charge in [0.25, 0.3) is 0 Å². The van der Waals surface area contributed by atoms with Crippen LogP contribution in [-0.2, 0) is 0 Å². The van der Waals surface area contributed by atoms with Gasteiger partial charge in [0.1, 0.15) is 30.1 Å². The predicted octanol–water partition coefficient (Wildman–Crippen LogP) is 6.55. The van der Waals surface area contributed by atoms with Crippen molar-refractivity contribution in [3.8, 4) is 23.0 Å². The summed E-state index contributed by atoms with van der Waals surface area (Å²) < 4.78 is 44.4. The second-order valence-electron chi connectivity index (χ2n) is 12.9. The Morgan fingerprint density at radius 1 is 1.07 bits per heavy atom. The third-order valence-corrected chi connectivity index (χ3v) is 10.5. The van der Waals surface area contributed by atoms with Crippen LogP contribution in [0.4, 0.5) is 14.5 Å². The van der Waals surface area contributed by atoms with Gasteiger partial charge in [-0.1, -0.05) is 24.4 Å². The van der Waals surface area contributed by atoms with E-state index in [1.807, 2.05) is 12.1 Å². The molecule has 3 aromatic heterocycles. The highest BCUT2D eigenvalue weighted by Crippen LogP contribution is 2.51. The van der Waals surface area contributed by atoms with Gasteiger partial charge in [-0.3, -0.25) is 10.00 Å². The SMILES string of the molecule is Fc1c(-c2c(C3CC3)c(Cl)cc3[nH]ncc23)nc2c3c(cc(O[C@@H]4CCN5C[C@H](F)CC45)nc13)N1CCCCC[C@@H]1CO2. The average Bonchev–Trinajstić information content (AvgIpc) is 3.58. The zero-order valence-corrected chi connectivity index (χ0v) is 24.5. The molecule has 4 aromatic rings. The van der Waals surface area contributed by atoms with E-state index in [2.05, 4.69) is 20.0 Å². The fraction of sp³-hybridized carbons (Fsp3) is 0.531. The van der Waals surface area contributed by atoms with Crippen molar-refractivity contribution in [1.29, 1.82) is 0 Å². The van der Waals surface area contributed by atoms with E-state index in [0.29, 0.717) is 47.3 Å². The minimum absolute atomic E-state index is 0.0104. The summed E-state index contributed by atoms with van der Waals surface area (Å²) in [6, 6.07) is 3.95. The van der Waals surface area contributed by atoms with Crippen LogP contribution in [0.25, 0.3) is 33.1 Å². The van der Waals surface area contributed by atoms with Gasteiger partial charge in [-0.2, -0.15) is 5.10 Å². The molecule has 4 fully saturated rings. The molecule has 1 aliphatic carbocycles. The highest BCUT2D eigenvalue weighted by Gasteiger charge is 2.44. The lowest BCUT2D eigenvalue weighted by Gasteiger charge is -2.30. The van der Waals surface area contributed by atoms with Crippen LogP contribution < -0.4 is 14.4 Å². The van der Waals surface area contributed by atoms with Gasteiger partial charge in [0.2, 0.25) is 11.8 Å². The van der Waals surface area contributed by atoms with Crippen LogP contribution in [0.2, 0.25) is 5.02 Å². The molecular weight excluding hydrogens is 574 g/mol. The molecule has 7 heterocycles. The minimum atomic E-state index is -0.840. The predicted molar refractivity (Wildman–Crippen MR) is 161 cm³/mol. The van der Waals surface area contributed by atoms with E-state index in [9.17, 15) is 4.39 Å². The highest BCUT2D eigenvalue weighted by molar-refractivity contribution is 6.33. The number of aromatic nitrogens is 4. The van der Waals surface area contributed by atoms with Crippen LogP contribution in [0.5, 0.6) is 11.8 Å². The summed E-state index contributed by atoms with van der Waals surface area (Å²) in [7, 11) is 0. The molecular formula is C32H33ClF2N6O2. The standard InChI is InChI=1S/C32H33ClF2N6O2/c33-20-11-21-19(13-36-39-21)27(26(20)16-5-6-16)30-29(35)31-28-23(41-8-3-1-2-4-18(41)15-42-32(28)38-30)12-25(37-31)43-24-7-9-40-14-17(34)10-22(24)40/h11-13,16-18,22,24H,1-10,14-15H2,(H,36,39)/t17-,18-,22?,24-/m1/s1. The lowest BCUT2D eigenvalue weighted by Crippen LogP contribution is -2.38. The zero-order chi connectivity index (χ0) is 28.8. The van der Waals surface area contributed by atoms with Crippen molar-refractivity contribution < 1.29 is 18.3 Å². The van der Waals surface area contributed by atoms with E-state index in [4.69, 9.17) is 31.0 Å². The molecule has 1 saturated carbocycles. The average molecular weight is 607 g/mol. The number of alkyl halides is 1. The molecule has 1 aromatic carbocycles. The Hall–Kier alpha value is -3.24. The summed E-state index contributed by atoms with van der Waals surface area (Å²) in [4.78, 5) is 14.3. The molecule has 0 amide bonds. The van der Waals surface area contributed by atoms with Crippen molar-refractivity contribution >= 4 is 39.1 Å². The lowest BCUT2D eigenvalue weighted by atomic mass is 9.95. The van der Waals surface area contributed by atoms with Crippen LogP contribution in [0.15, 0.2) is 18.3 Å². The number of aromatic amines is 1. The molecule has 0 spiro atoms. The van der Waals surface area contributed by atoms with E-state index in [0.717, 1.165) is 80.2 Å². The third kappa shape index (κ3) is 4.19. The van der Waals surface area contributed by atoms with Gasteiger partial charge in [-0.05, 0) is 56.1 Å².